The number of nitrogens with two attached hydrogens (primary N) is 1. The summed E-state index contributed by atoms with van der Waals surface area (Å²) in [5.74, 6) is 1.64. The third kappa shape index (κ3) is 2.76. The second kappa shape index (κ2) is 6.37. The molecule has 0 bridgehead atoms. The van der Waals surface area contributed by atoms with Gasteiger partial charge in [-0.25, -0.2) is 9.97 Å². The number of thiophene rings is 3. The molecule has 0 radical (unpaired) electrons. The van der Waals surface area contributed by atoms with Gasteiger partial charge in [0.1, 0.15) is 10.6 Å². The van der Waals surface area contributed by atoms with Crippen LogP contribution in [0.5, 0.6) is 0 Å². The summed E-state index contributed by atoms with van der Waals surface area (Å²) < 4.78 is 0. The van der Waals surface area contributed by atoms with Gasteiger partial charge < -0.3 is 11.1 Å². The number of anilines is 1. The van der Waals surface area contributed by atoms with E-state index in [4.69, 9.17) is 15.7 Å². The van der Waals surface area contributed by atoms with Gasteiger partial charge in [-0.05, 0) is 22.9 Å². The first-order chi connectivity index (χ1) is 11.4. The van der Waals surface area contributed by atoms with Crippen molar-refractivity contribution in [2.75, 3.05) is 18.4 Å². The summed E-state index contributed by atoms with van der Waals surface area (Å²) in [6.45, 7) is 1.26. The van der Waals surface area contributed by atoms with E-state index in [2.05, 4.69) is 28.2 Å². The normalized spacial score (nSPS) is 11.2. The van der Waals surface area contributed by atoms with Gasteiger partial charge in [-0.1, -0.05) is 12.1 Å². The number of fused-ring (bicyclic) bond motifs is 1. The highest BCUT2D eigenvalue weighted by Gasteiger charge is 2.16. The van der Waals surface area contributed by atoms with Crippen molar-refractivity contribution >= 4 is 50.0 Å². The molecule has 7 heteroatoms. The molecule has 0 aliphatic heterocycles. The van der Waals surface area contributed by atoms with Crippen LogP contribution in [0, 0.1) is 0 Å². The highest BCUT2D eigenvalue weighted by molar-refractivity contribution is 7.18. The Hall–Kier alpha value is -1.80. The molecule has 0 aliphatic carbocycles. The van der Waals surface area contributed by atoms with Crippen LogP contribution in [0.15, 0.2) is 40.4 Å². The monoisotopic (exact) mass is 358 g/mol. The maximum Gasteiger partial charge on any atom is 0.173 e. The Kier molecular flexibility index (Phi) is 4.09. The first-order valence-electron chi connectivity index (χ1n) is 7.18. The molecule has 4 heterocycles. The number of hydrogen-bond acceptors (Lipinski definition) is 7. The Labute approximate surface area is 145 Å². The van der Waals surface area contributed by atoms with Crippen LogP contribution >= 0.6 is 34.0 Å². The Balaban J connectivity index is 1.92. The standard InChI is InChI=1S/C16H14N4S3/c17-5-6-18-15-13-10(11-3-1-7-21-11)9-23-16(13)20-14(19-15)12-4-2-8-22-12/h1-4,7-9H,5-6,17H2,(H,18,19,20). The van der Waals surface area contributed by atoms with Gasteiger partial charge in [0.15, 0.2) is 5.82 Å². The minimum Gasteiger partial charge on any atom is -0.368 e. The van der Waals surface area contributed by atoms with Gasteiger partial charge in [0, 0.05) is 28.9 Å². The fourth-order valence-corrected chi connectivity index (χ4v) is 4.81. The number of rotatable bonds is 5. The molecule has 0 fully saturated rings. The van der Waals surface area contributed by atoms with Gasteiger partial charge in [0.2, 0.25) is 0 Å². The molecule has 116 valence electrons. The molecule has 0 amide bonds. The number of nitrogens with zero attached hydrogens (tertiary/aromatic N) is 2. The lowest BCUT2D eigenvalue weighted by Gasteiger charge is -2.08. The van der Waals surface area contributed by atoms with E-state index >= 15 is 0 Å². The van der Waals surface area contributed by atoms with Gasteiger partial charge >= 0.3 is 0 Å². The number of nitrogens with one attached hydrogen (secondary N) is 1. The van der Waals surface area contributed by atoms with Crippen molar-refractivity contribution in [3.05, 3.63) is 40.4 Å². The Morgan fingerprint density at radius 3 is 2.48 bits per heavy atom. The van der Waals surface area contributed by atoms with Crippen molar-refractivity contribution in [2.24, 2.45) is 5.73 Å². The molecule has 0 spiro atoms. The van der Waals surface area contributed by atoms with Crippen LogP contribution in [0.2, 0.25) is 0 Å². The molecule has 4 nitrogen and oxygen atoms in total. The molecular weight excluding hydrogens is 344 g/mol. The second-order valence-corrected chi connectivity index (χ2v) is 7.65. The van der Waals surface area contributed by atoms with Crippen molar-refractivity contribution in [1.82, 2.24) is 9.97 Å². The molecule has 4 aromatic rings. The summed E-state index contributed by atoms with van der Waals surface area (Å²) in [6.07, 6.45) is 0. The van der Waals surface area contributed by atoms with Gasteiger partial charge in [0.05, 0.1) is 10.3 Å². The molecular formula is C16H14N4S3. The lowest BCUT2D eigenvalue weighted by Crippen LogP contribution is -2.14. The average molecular weight is 359 g/mol. The first kappa shape index (κ1) is 14.8. The topological polar surface area (TPSA) is 63.8 Å². The molecule has 0 saturated carbocycles. The molecule has 4 rings (SSSR count). The Morgan fingerprint density at radius 2 is 1.78 bits per heavy atom. The van der Waals surface area contributed by atoms with E-state index in [1.807, 2.05) is 17.5 Å². The van der Waals surface area contributed by atoms with Crippen LogP contribution in [0.3, 0.4) is 0 Å². The SMILES string of the molecule is NCCNc1nc(-c2cccs2)nc2scc(-c3cccs3)c12. The Morgan fingerprint density at radius 1 is 1.00 bits per heavy atom. The van der Waals surface area contributed by atoms with E-state index in [1.54, 1.807) is 34.0 Å². The minimum atomic E-state index is 0.568. The first-order valence-corrected chi connectivity index (χ1v) is 9.81. The Bertz CT molecular complexity index is 911. The third-order valence-electron chi connectivity index (χ3n) is 3.40. The van der Waals surface area contributed by atoms with Crippen molar-refractivity contribution in [1.29, 1.82) is 0 Å². The van der Waals surface area contributed by atoms with E-state index in [1.165, 1.54) is 10.4 Å². The molecule has 0 atom stereocenters. The van der Waals surface area contributed by atoms with E-state index in [9.17, 15) is 0 Å². The van der Waals surface area contributed by atoms with E-state index < -0.39 is 0 Å². The molecule has 0 unspecified atom stereocenters. The lowest BCUT2D eigenvalue weighted by molar-refractivity contribution is 1.01. The van der Waals surface area contributed by atoms with E-state index in [-0.39, 0.29) is 0 Å². The van der Waals surface area contributed by atoms with Gasteiger partial charge in [-0.15, -0.1) is 34.0 Å². The number of hydrogen-bond donors (Lipinski definition) is 2. The summed E-state index contributed by atoms with van der Waals surface area (Å²) in [6, 6.07) is 8.27. The zero-order valence-electron chi connectivity index (χ0n) is 12.2. The summed E-state index contributed by atoms with van der Waals surface area (Å²) >= 11 is 5.04. The van der Waals surface area contributed by atoms with Crippen LogP contribution in [0.25, 0.3) is 31.4 Å². The number of aromatic nitrogens is 2. The van der Waals surface area contributed by atoms with Crippen LogP contribution in [-0.4, -0.2) is 23.1 Å². The molecule has 0 saturated heterocycles. The molecule has 23 heavy (non-hydrogen) atoms. The maximum atomic E-state index is 5.66. The van der Waals surface area contributed by atoms with E-state index in [0.29, 0.717) is 13.1 Å². The van der Waals surface area contributed by atoms with Crippen LogP contribution in [0.4, 0.5) is 5.82 Å². The maximum absolute atomic E-state index is 5.66. The third-order valence-corrected chi connectivity index (χ3v) is 6.04. The van der Waals surface area contributed by atoms with Crippen LogP contribution in [0.1, 0.15) is 0 Å². The fourth-order valence-electron chi connectivity index (χ4n) is 2.39. The minimum absolute atomic E-state index is 0.568. The highest BCUT2D eigenvalue weighted by atomic mass is 32.1. The van der Waals surface area contributed by atoms with Crippen molar-refractivity contribution in [3.63, 3.8) is 0 Å². The second-order valence-electron chi connectivity index (χ2n) is 4.90. The summed E-state index contributed by atoms with van der Waals surface area (Å²) in [5, 5.41) is 10.8. The smallest absolute Gasteiger partial charge is 0.173 e. The zero-order chi connectivity index (χ0) is 15.6. The summed E-state index contributed by atoms with van der Waals surface area (Å²) in [4.78, 5) is 12.9. The van der Waals surface area contributed by atoms with Crippen LogP contribution in [-0.2, 0) is 0 Å². The van der Waals surface area contributed by atoms with Gasteiger partial charge in [0.25, 0.3) is 0 Å². The molecule has 0 aliphatic rings. The highest BCUT2D eigenvalue weighted by Crippen LogP contribution is 2.40. The van der Waals surface area contributed by atoms with Gasteiger partial charge in [-0.3, -0.25) is 0 Å². The fraction of sp³-hybridized carbons (Fsp3) is 0.125. The molecule has 3 N–H and O–H groups in total. The zero-order valence-corrected chi connectivity index (χ0v) is 14.6. The van der Waals surface area contributed by atoms with Crippen molar-refractivity contribution < 1.29 is 0 Å². The van der Waals surface area contributed by atoms with Crippen molar-refractivity contribution in [3.8, 4) is 21.1 Å². The lowest BCUT2D eigenvalue weighted by atomic mass is 10.2. The van der Waals surface area contributed by atoms with Crippen molar-refractivity contribution in [2.45, 2.75) is 0 Å². The largest absolute Gasteiger partial charge is 0.368 e. The molecule has 4 aromatic heterocycles. The van der Waals surface area contributed by atoms with E-state index in [0.717, 1.165) is 26.7 Å². The predicted octanol–water partition coefficient (Wildman–Crippen LogP) is 4.52. The molecule has 0 aromatic carbocycles. The summed E-state index contributed by atoms with van der Waals surface area (Å²) in [7, 11) is 0. The predicted molar refractivity (Wildman–Crippen MR) is 102 cm³/mol. The van der Waals surface area contributed by atoms with Crippen LogP contribution < -0.4 is 11.1 Å². The quantitative estimate of drug-likeness (QED) is 0.550. The average Bonchev–Trinajstić information content (AvgIpc) is 3.32. The summed E-state index contributed by atoms with van der Waals surface area (Å²) in [5.41, 5.74) is 6.85. The van der Waals surface area contributed by atoms with Gasteiger partial charge in [-0.2, -0.15) is 0 Å².